The third kappa shape index (κ3) is 6.21. The van der Waals surface area contributed by atoms with Crippen molar-refractivity contribution in [1.29, 1.82) is 0 Å². The molecule has 0 radical (unpaired) electrons. The summed E-state index contributed by atoms with van der Waals surface area (Å²) in [6.07, 6.45) is 2.30. The fourth-order valence-corrected chi connectivity index (χ4v) is 3.76. The van der Waals surface area contributed by atoms with Crippen LogP contribution in [0.25, 0.3) is 0 Å². The van der Waals surface area contributed by atoms with E-state index in [1.807, 2.05) is 21.0 Å². The highest BCUT2D eigenvalue weighted by Crippen LogP contribution is 2.26. The summed E-state index contributed by atoms with van der Waals surface area (Å²) in [6, 6.07) is 15.4. The van der Waals surface area contributed by atoms with Crippen molar-refractivity contribution < 1.29 is 14.3 Å². The molecule has 0 aliphatic carbocycles. The third-order valence-electron chi connectivity index (χ3n) is 5.46. The van der Waals surface area contributed by atoms with Crippen molar-refractivity contribution in [1.82, 2.24) is 10.2 Å². The van der Waals surface area contributed by atoms with Gasteiger partial charge in [-0.1, -0.05) is 12.1 Å². The zero-order valence-corrected chi connectivity index (χ0v) is 18.6. The number of anilines is 2. The number of carbonyl (C=O) groups is 2. The van der Waals surface area contributed by atoms with Gasteiger partial charge in [0.25, 0.3) is 0 Å². The number of ether oxygens (including phenoxy) is 1. The number of likely N-dealkylation sites (tertiary alicyclic amines) is 1. The van der Waals surface area contributed by atoms with Crippen molar-refractivity contribution >= 4 is 23.2 Å². The third-order valence-corrected chi connectivity index (χ3v) is 5.46. The van der Waals surface area contributed by atoms with Crippen LogP contribution >= 0.6 is 0 Å². The fourth-order valence-electron chi connectivity index (χ4n) is 3.76. The molecule has 0 bridgehead atoms. The van der Waals surface area contributed by atoms with Crippen LogP contribution in [0.2, 0.25) is 0 Å². The summed E-state index contributed by atoms with van der Waals surface area (Å²) < 4.78 is 5.39. The van der Waals surface area contributed by atoms with E-state index < -0.39 is 11.8 Å². The SMILES string of the molecule is CCOc1ccc(NC(=O)C(=O)NCC(c2ccc(N(C)C)cc2)N2CCCC2)cc1. The van der Waals surface area contributed by atoms with Gasteiger partial charge in [-0.15, -0.1) is 0 Å². The number of hydrogen-bond donors (Lipinski definition) is 2. The lowest BCUT2D eigenvalue weighted by Crippen LogP contribution is -2.41. The van der Waals surface area contributed by atoms with Crippen molar-refractivity contribution in [2.75, 3.05) is 50.6 Å². The monoisotopic (exact) mass is 424 g/mol. The average molecular weight is 425 g/mol. The molecule has 7 nitrogen and oxygen atoms in total. The van der Waals surface area contributed by atoms with Gasteiger partial charge in [0.2, 0.25) is 0 Å². The molecule has 166 valence electrons. The lowest BCUT2D eigenvalue weighted by molar-refractivity contribution is -0.136. The first-order chi connectivity index (χ1) is 15.0. The van der Waals surface area contributed by atoms with Crippen LogP contribution in [0.4, 0.5) is 11.4 Å². The maximum Gasteiger partial charge on any atom is 0.313 e. The molecule has 7 heteroatoms. The van der Waals surface area contributed by atoms with Crippen molar-refractivity contribution in [2.45, 2.75) is 25.8 Å². The number of carbonyl (C=O) groups excluding carboxylic acids is 2. The first kappa shape index (κ1) is 22.6. The van der Waals surface area contributed by atoms with E-state index in [9.17, 15) is 9.59 Å². The first-order valence-corrected chi connectivity index (χ1v) is 10.8. The summed E-state index contributed by atoms with van der Waals surface area (Å²) in [5.41, 5.74) is 2.82. The van der Waals surface area contributed by atoms with E-state index in [0.717, 1.165) is 42.9 Å². The van der Waals surface area contributed by atoms with E-state index in [2.05, 4.69) is 44.7 Å². The predicted octanol–water partition coefficient (Wildman–Crippen LogP) is 3.04. The molecule has 2 N–H and O–H groups in total. The molecule has 2 aromatic carbocycles. The van der Waals surface area contributed by atoms with Gasteiger partial charge in [-0.2, -0.15) is 0 Å². The average Bonchev–Trinajstić information content (AvgIpc) is 3.30. The Labute approximate surface area is 184 Å². The quantitative estimate of drug-likeness (QED) is 0.637. The Hall–Kier alpha value is -3.06. The van der Waals surface area contributed by atoms with Crippen LogP contribution < -0.4 is 20.3 Å². The molecule has 31 heavy (non-hydrogen) atoms. The summed E-state index contributed by atoms with van der Waals surface area (Å²) in [5, 5.41) is 5.46. The summed E-state index contributed by atoms with van der Waals surface area (Å²) in [6.45, 7) is 4.86. The Balaban J connectivity index is 1.60. The molecule has 1 unspecified atom stereocenters. The van der Waals surface area contributed by atoms with Gasteiger partial charge in [0.1, 0.15) is 5.75 Å². The van der Waals surface area contributed by atoms with Gasteiger partial charge >= 0.3 is 11.8 Å². The van der Waals surface area contributed by atoms with Crippen molar-refractivity contribution in [2.24, 2.45) is 0 Å². The van der Waals surface area contributed by atoms with Gasteiger partial charge < -0.3 is 20.3 Å². The molecule has 1 atom stereocenters. The number of nitrogens with one attached hydrogen (secondary N) is 2. The Morgan fingerprint density at radius 3 is 2.23 bits per heavy atom. The van der Waals surface area contributed by atoms with E-state index in [1.165, 1.54) is 0 Å². The first-order valence-electron chi connectivity index (χ1n) is 10.8. The second kappa shape index (κ2) is 10.8. The van der Waals surface area contributed by atoms with Gasteiger partial charge in [-0.3, -0.25) is 14.5 Å². The Morgan fingerprint density at radius 1 is 1.00 bits per heavy atom. The predicted molar refractivity (Wildman–Crippen MR) is 124 cm³/mol. The maximum atomic E-state index is 12.4. The molecule has 0 saturated carbocycles. The summed E-state index contributed by atoms with van der Waals surface area (Å²) in [7, 11) is 4.02. The second-order valence-corrected chi connectivity index (χ2v) is 7.87. The van der Waals surface area contributed by atoms with Crippen LogP contribution in [0.3, 0.4) is 0 Å². The number of nitrogens with zero attached hydrogens (tertiary/aromatic N) is 2. The van der Waals surface area contributed by atoms with Crippen LogP contribution in [0.15, 0.2) is 48.5 Å². The summed E-state index contributed by atoms with van der Waals surface area (Å²) in [4.78, 5) is 29.2. The van der Waals surface area contributed by atoms with Gasteiger partial charge in [0, 0.05) is 32.0 Å². The summed E-state index contributed by atoms with van der Waals surface area (Å²) >= 11 is 0. The Kier molecular flexibility index (Phi) is 7.89. The van der Waals surface area contributed by atoms with Gasteiger partial charge in [0.05, 0.1) is 12.6 Å². The minimum Gasteiger partial charge on any atom is -0.494 e. The van der Waals surface area contributed by atoms with Crippen LogP contribution in [-0.4, -0.2) is 57.1 Å². The van der Waals surface area contributed by atoms with Crippen molar-refractivity contribution in [3.63, 3.8) is 0 Å². The molecule has 0 aromatic heterocycles. The van der Waals surface area contributed by atoms with E-state index in [0.29, 0.717) is 18.8 Å². The van der Waals surface area contributed by atoms with Gasteiger partial charge in [-0.05, 0) is 74.8 Å². The molecule has 3 rings (SSSR count). The van der Waals surface area contributed by atoms with Crippen LogP contribution in [0, 0.1) is 0 Å². The molecule has 2 amide bonds. The second-order valence-electron chi connectivity index (χ2n) is 7.87. The highest BCUT2D eigenvalue weighted by Gasteiger charge is 2.25. The molecular formula is C24H32N4O3. The highest BCUT2D eigenvalue weighted by atomic mass is 16.5. The lowest BCUT2D eigenvalue weighted by atomic mass is 10.0. The maximum absolute atomic E-state index is 12.4. The van der Waals surface area contributed by atoms with E-state index in [4.69, 9.17) is 4.74 Å². The molecule has 2 aromatic rings. The highest BCUT2D eigenvalue weighted by molar-refractivity contribution is 6.39. The zero-order valence-electron chi connectivity index (χ0n) is 18.6. The van der Waals surface area contributed by atoms with Crippen LogP contribution in [0.5, 0.6) is 5.75 Å². The normalized spacial score (nSPS) is 14.7. The smallest absolute Gasteiger partial charge is 0.313 e. The molecular weight excluding hydrogens is 392 g/mol. The van der Waals surface area contributed by atoms with E-state index in [1.54, 1.807) is 24.3 Å². The topological polar surface area (TPSA) is 73.9 Å². The van der Waals surface area contributed by atoms with Crippen molar-refractivity contribution in [3.05, 3.63) is 54.1 Å². The molecule has 1 aliphatic rings. The molecule has 1 heterocycles. The lowest BCUT2D eigenvalue weighted by Gasteiger charge is -2.28. The van der Waals surface area contributed by atoms with E-state index >= 15 is 0 Å². The van der Waals surface area contributed by atoms with Crippen molar-refractivity contribution in [3.8, 4) is 5.75 Å². The largest absolute Gasteiger partial charge is 0.494 e. The van der Waals surface area contributed by atoms with Gasteiger partial charge in [-0.25, -0.2) is 0 Å². The Bertz CT molecular complexity index is 859. The minimum absolute atomic E-state index is 0.0425. The molecule has 1 aliphatic heterocycles. The fraction of sp³-hybridized carbons (Fsp3) is 0.417. The van der Waals surface area contributed by atoms with Gasteiger partial charge in [0.15, 0.2) is 0 Å². The Morgan fingerprint density at radius 2 is 1.65 bits per heavy atom. The number of benzene rings is 2. The zero-order chi connectivity index (χ0) is 22.2. The van der Waals surface area contributed by atoms with E-state index in [-0.39, 0.29) is 6.04 Å². The minimum atomic E-state index is -0.674. The molecule has 1 fully saturated rings. The number of hydrogen-bond acceptors (Lipinski definition) is 5. The standard InChI is InChI=1S/C24H32N4O3/c1-4-31-21-13-9-19(10-14-21)26-24(30)23(29)25-17-22(28-15-5-6-16-28)18-7-11-20(12-8-18)27(2)3/h7-14,22H,4-6,15-17H2,1-3H3,(H,25,29)(H,26,30). The number of amides is 2. The summed E-state index contributed by atoms with van der Waals surface area (Å²) in [5.74, 6) is -0.589. The number of rotatable bonds is 8. The van der Waals surface area contributed by atoms with Crippen LogP contribution in [-0.2, 0) is 9.59 Å². The molecule has 0 spiro atoms. The van der Waals surface area contributed by atoms with Crippen LogP contribution in [0.1, 0.15) is 31.4 Å². The molecule has 1 saturated heterocycles.